The number of benzene rings is 1. The van der Waals surface area contributed by atoms with Crippen LogP contribution in [-0.2, 0) is 4.79 Å². The summed E-state index contributed by atoms with van der Waals surface area (Å²) in [5.41, 5.74) is 1.02. The predicted molar refractivity (Wildman–Crippen MR) is 69.6 cm³/mol. The van der Waals surface area contributed by atoms with Gasteiger partial charge in [-0.15, -0.1) is 0 Å². The van der Waals surface area contributed by atoms with E-state index in [2.05, 4.69) is 0 Å². The van der Waals surface area contributed by atoms with Gasteiger partial charge in [-0.3, -0.25) is 4.79 Å². The van der Waals surface area contributed by atoms with E-state index in [1.54, 1.807) is 12.1 Å². The summed E-state index contributed by atoms with van der Waals surface area (Å²) in [4.78, 5) is 24.7. The fraction of sp³-hybridized carbons (Fsp3) is 0.429. The average Bonchev–Trinajstić information content (AvgIpc) is 2.40. The maximum atomic E-state index is 12.0. The number of rotatable bonds is 2. The molecule has 1 aliphatic rings. The lowest BCUT2D eigenvalue weighted by Gasteiger charge is -2.25. The minimum Gasteiger partial charge on any atom is -0.493 e. The number of amides is 1. The van der Waals surface area contributed by atoms with E-state index in [0.29, 0.717) is 30.9 Å². The molecule has 1 saturated heterocycles. The standard InChI is InChI=1S/C14H17NO4/c1-10-5-6-12(13(8-10)18-2)19-14(17)15-7-3-4-11(16)9-15/h5-6,8H,3-4,7,9H2,1-2H3. The number of aryl methyl sites for hydroxylation is 1. The molecule has 0 unspecified atom stereocenters. The monoisotopic (exact) mass is 263 g/mol. The van der Waals surface area contributed by atoms with Crippen LogP contribution in [0.2, 0.25) is 0 Å². The summed E-state index contributed by atoms with van der Waals surface area (Å²) in [6.45, 7) is 2.61. The minimum atomic E-state index is -0.504. The molecule has 2 rings (SSSR count). The Bertz CT molecular complexity index is 498. The molecule has 0 N–H and O–H groups in total. The summed E-state index contributed by atoms with van der Waals surface area (Å²) in [6.07, 6.45) is 0.728. The Labute approximate surface area is 112 Å². The van der Waals surface area contributed by atoms with Crippen LogP contribution >= 0.6 is 0 Å². The number of nitrogens with zero attached hydrogens (tertiary/aromatic N) is 1. The van der Waals surface area contributed by atoms with Crippen LogP contribution < -0.4 is 9.47 Å². The van der Waals surface area contributed by atoms with Crippen molar-refractivity contribution in [3.8, 4) is 11.5 Å². The number of hydrogen-bond acceptors (Lipinski definition) is 4. The number of ether oxygens (including phenoxy) is 2. The van der Waals surface area contributed by atoms with Crippen molar-refractivity contribution in [1.82, 2.24) is 4.90 Å². The van der Waals surface area contributed by atoms with Crippen molar-refractivity contribution in [3.05, 3.63) is 23.8 Å². The van der Waals surface area contributed by atoms with E-state index >= 15 is 0 Å². The third-order valence-corrected chi connectivity index (χ3v) is 3.03. The molecular formula is C14H17NO4. The fourth-order valence-corrected chi connectivity index (χ4v) is 2.01. The average molecular weight is 263 g/mol. The molecule has 0 atom stereocenters. The molecule has 0 aliphatic carbocycles. The molecule has 1 heterocycles. The highest BCUT2D eigenvalue weighted by Gasteiger charge is 2.23. The van der Waals surface area contributed by atoms with Gasteiger partial charge in [0.2, 0.25) is 0 Å². The van der Waals surface area contributed by atoms with Gasteiger partial charge >= 0.3 is 6.09 Å². The van der Waals surface area contributed by atoms with Crippen LogP contribution in [0.15, 0.2) is 18.2 Å². The number of carbonyl (C=O) groups is 2. The molecule has 1 amide bonds. The zero-order valence-electron chi connectivity index (χ0n) is 11.1. The van der Waals surface area contributed by atoms with Crippen LogP contribution in [0.5, 0.6) is 11.5 Å². The van der Waals surface area contributed by atoms with Crippen LogP contribution in [0.4, 0.5) is 4.79 Å². The first-order valence-corrected chi connectivity index (χ1v) is 6.23. The summed E-state index contributed by atoms with van der Waals surface area (Å²) in [7, 11) is 1.52. The number of methoxy groups -OCH3 is 1. The van der Waals surface area contributed by atoms with Crippen molar-refractivity contribution in [2.45, 2.75) is 19.8 Å². The predicted octanol–water partition coefficient (Wildman–Crippen LogP) is 2.17. The lowest BCUT2D eigenvalue weighted by molar-refractivity contribution is -0.121. The summed E-state index contributed by atoms with van der Waals surface area (Å²) in [5, 5.41) is 0. The first-order chi connectivity index (χ1) is 9.10. The second kappa shape index (κ2) is 5.73. The van der Waals surface area contributed by atoms with Crippen LogP contribution in [0, 0.1) is 6.92 Å². The third-order valence-electron chi connectivity index (χ3n) is 3.03. The Morgan fingerprint density at radius 1 is 1.32 bits per heavy atom. The van der Waals surface area contributed by atoms with Gasteiger partial charge in [0.25, 0.3) is 0 Å². The molecule has 0 radical (unpaired) electrons. The zero-order valence-corrected chi connectivity index (χ0v) is 11.1. The molecule has 0 aromatic heterocycles. The van der Waals surface area contributed by atoms with Gasteiger partial charge in [0, 0.05) is 13.0 Å². The Hall–Kier alpha value is -2.04. The van der Waals surface area contributed by atoms with Crippen LogP contribution in [0.3, 0.4) is 0 Å². The number of carbonyl (C=O) groups excluding carboxylic acids is 2. The number of likely N-dealkylation sites (tertiary alicyclic amines) is 1. The van der Waals surface area contributed by atoms with Gasteiger partial charge in [0.15, 0.2) is 17.3 Å². The highest BCUT2D eigenvalue weighted by atomic mass is 16.6. The van der Waals surface area contributed by atoms with Crippen molar-refractivity contribution >= 4 is 11.9 Å². The molecule has 1 aliphatic heterocycles. The van der Waals surface area contributed by atoms with Crippen molar-refractivity contribution in [2.24, 2.45) is 0 Å². The quantitative estimate of drug-likeness (QED) is 0.820. The highest BCUT2D eigenvalue weighted by molar-refractivity contribution is 5.85. The molecular weight excluding hydrogens is 246 g/mol. The maximum absolute atomic E-state index is 12.0. The van der Waals surface area contributed by atoms with Gasteiger partial charge in [0.1, 0.15) is 0 Å². The van der Waals surface area contributed by atoms with Crippen LogP contribution in [0.25, 0.3) is 0 Å². The van der Waals surface area contributed by atoms with Crippen molar-refractivity contribution in [1.29, 1.82) is 0 Å². The Kier molecular flexibility index (Phi) is 4.04. The molecule has 5 heteroatoms. The molecule has 5 nitrogen and oxygen atoms in total. The fourth-order valence-electron chi connectivity index (χ4n) is 2.01. The van der Waals surface area contributed by atoms with Crippen LogP contribution in [-0.4, -0.2) is 37.0 Å². The summed E-state index contributed by atoms with van der Waals surface area (Å²) in [5.74, 6) is 0.951. The van der Waals surface area contributed by atoms with E-state index in [9.17, 15) is 9.59 Å². The van der Waals surface area contributed by atoms with E-state index in [0.717, 1.165) is 5.56 Å². The molecule has 1 aromatic rings. The molecule has 102 valence electrons. The van der Waals surface area contributed by atoms with Gasteiger partial charge in [-0.05, 0) is 31.0 Å². The first-order valence-electron chi connectivity index (χ1n) is 6.23. The van der Waals surface area contributed by atoms with Crippen molar-refractivity contribution in [2.75, 3.05) is 20.2 Å². The number of hydrogen-bond donors (Lipinski definition) is 0. The van der Waals surface area contributed by atoms with E-state index in [4.69, 9.17) is 9.47 Å². The normalized spacial score (nSPS) is 15.3. The third kappa shape index (κ3) is 3.24. The molecule has 0 spiro atoms. The van der Waals surface area contributed by atoms with Crippen LogP contribution in [0.1, 0.15) is 18.4 Å². The van der Waals surface area contributed by atoms with Crippen molar-refractivity contribution < 1.29 is 19.1 Å². The summed E-state index contributed by atoms with van der Waals surface area (Å²) in [6, 6.07) is 5.33. The van der Waals surface area contributed by atoms with Gasteiger partial charge in [-0.2, -0.15) is 0 Å². The second-order valence-corrected chi connectivity index (χ2v) is 4.59. The molecule has 1 aromatic carbocycles. The SMILES string of the molecule is COc1cc(C)ccc1OC(=O)N1CCCC(=O)C1. The Morgan fingerprint density at radius 2 is 2.11 bits per heavy atom. The van der Waals surface area contributed by atoms with E-state index in [1.165, 1.54) is 12.0 Å². The van der Waals surface area contributed by atoms with Gasteiger partial charge in [0.05, 0.1) is 13.7 Å². The summed E-state index contributed by atoms with van der Waals surface area (Å²) < 4.78 is 10.5. The molecule has 0 bridgehead atoms. The Morgan fingerprint density at radius 3 is 2.79 bits per heavy atom. The summed E-state index contributed by atoms with van der Waals surface area (Å²) >= 11 is 0. The zero-order chi connectivity index (χ0) is 13.8. The maximum Gasteiger partial charge on any atom is 0.415 e. The van der Waals surface area contributed by atoms with Gasteiger partial charge < -0.3 is 14.4 Å². The lowest BCUT2D eigenvalue weighted by atomic mass is 10.1. The van der Waals surface area contributed by atoms with E-state index < -0.39 is 6.09 Å². The van der Waals surface area contributed by atoms with E-state index in [-0.39, 0.29) is 12.3 Å². The number of Topliss-reactive ketones (excluding diaryl/α,β-unsaturated/α-hetero) is 1. The molecule has 0 saturated carbocycles. The van der Waals surface area contributed by atoms with E-state index in [1.807, 2.05) is 13.0 Å². The topological polar surface area (TPSA) is 55.8 Å². The minimum absolute atomic E-state index is 0.0686. The largest absolute Gasteiger partial charge is 0.493 e. The van der Waals surface area contributed by atoms with Gasteiger partial charge in [-0.1, -0.05) is 6.07 Å². The van der Waals surface area contributed by atoms with Crippen molar-refractivity contribution in [3.63, 3.8) is 0 Å². The number of piperidine rings is 1. The first kappa shape index (κ1) is 13.4. The lowest BCUT2D eigenvalue weighted by Crippen LogP contribution is -2.41. The second-order valence-electron chi connectivity index (χ2n) is 4.59. The molecule has 1 fully saturated rings. The van der Waals surface area contributed by atoms with Gasteiger partial charge in [-0.25, -0.2) is 4.79 Å². The smallest absolute Gasteiger partial charge is 0.415 e. The Balaban J connectivity index is 2.08. The molecule has 19 heavy (non-hydrogen) atoms. The highest BCUT2D eigenvalue weighted by Crippen LogP contribution is 2.28. The number of ketones is 1.